The number of hydrogen-bond acceptors (Lipinski definition) is 5. The van der Waals surface area contributed by atoms with Gasteiger partial charge in [0.05, 0.1) is 17.3 Å². The highest BCUT2D eigenvalue weighted by molar-refractivity contribution is 5.91. The molecule has 0 saturated heterocycles. The summed E-state index contributed by atoms with van der Waals surface area (Å²) in [6.45, 7) is 8.09. The number of carbonyl (C=O) groups is 1. The number of nitrogens with one attached hydrogen (secondary N) is 1. The Balaban J connectivity index is 2.70. The fourth-order valence-corrected chi connectivity index (χ4v) is 1.60. The first-order valence-corrected chi connectivity index (χ1v) is 6.12. The average molecular weight is 251 g/mol. The van der Waals surface area contributed by atoms with E-state index < -0.39 is 0 Å². The SMILES string of the molecule is Cc1nnc(NC(=O)C(CN)CC(C)C)nc1C. The zero-order valence-electron chi connectivity index (χ0n) is 11.4. The number of rotatable bonds is 5. The normalized spacial score (nSPS) is 12.6. The van der Waals surface area contributed by atoms with E-state index in [0.29, 0.717) is 12.5 Å². The van der Waals surface area contributed by atoms with Gasteiger partial charge in [-0.2, -0.15) is 5.10 Å². The molecule has 0 aliphatic carbocycles. The third-order valence-electron chi connectivity index (χ3n) is 2.74. The molecule has 1 aromatic heterocycles. The van der Waals surface area contributed by atoms with Gasteiger partial charge in [-0.25, -0.2) is 4.98 Å². The van der Waals surface area contributed by atoms with E-state index in [1.165, 1.54) is 0 Å². The third-order valence-corrected chi connectivity index (χ3v) is 2.74. The standard InChI is InChI=1S/C12H21N5O/c1-7(2)5-10(6-13)11(18)15-12-14-8(3)9(4)16-17-12/h7,10H,5-6,13H2,1-4H3,(H,14,15,17,18). The molecule has 1 atom stereocenters. The van der Waals surface area contributed by atoms with Crippen LogP contribution in [0.3, 0.4) is 0 Å². The van der Waals surface area contributed by atoms with E-state index in [1.54, 1.807) is 0 Å². The lowest BCUT2D eigenvalue weighted by molar-refractivity contribution is -0.120. The number of anilines is 1. The van der Waals surface area contributed by atoms with E-state index in [9.17, 15) is 4.79 Å². The van der Waals surface area contributed by atoms with E-state index in [0.717, 1.165) is 17.8 Å². The van der Waals surface area contributed by atoms with Crippen molar-refractivity contribution in [3.8, 4) is 0 Å². The molecule has 18 heavy (non-hydrogen) atoms. The zero-order valence-corrected chi connectivity index (χ0v) is 11.4. The van der Waals surface area contributed by atoms with Crippen molar-refractivity contribution in [2.75, 3.05) is 11.9 Å². The number of aromatic nitrogens is 3. The molecule has 1 amide bonds. The second-order valence-electron chi connectivity index (χ2n) is 4.86. The van der Waals surface area contributed by atoms with Crippen molar-refractivity contribution in [2.24, 2.45) is 17.6 Å². The first-order valence-electron chi connectivity index (χ1n) is 6.12. The predicted molar refractivity (Wildman–Crippen MR) is 69.9 cm³/mol. The number of amides is 1. The molecule has 100 valence electrons. The Bertz CT molecular complexity index is 419. The molecule has 1 rings (SSSR count). The molecule has 1 aromatic rings. The van der Waals surface area contributed by atoms with E-state index in [2.05, 4.69) is 34.3 Å². The van der Waals surface area contributed by atoms with Crippen LogP contribution < -0.4 is 11.1 Å². The van der Waals surface area contributed by atoms with Crippen molar-refractivity contribution >= 4 is 11.9 Å². The fraction of sp³-hybridized carbons (Fsp3) is 0.667. The van der Waals surface area contributed by atoms with Gasteiger partial charge in [0, 0.05) is 6.54 Å². The van der Waals surface area contributed by atoms with Crippen LogP contribution in [-0.4, -0.2) is 27.6 Å². The van der Waals surface area contributed by atoms with Crippen LogP contribution in [0.15, 0.2) is 0 Å². The third kappa shape index (κ3) is 4.03. The Hall–Kier alpha value is -1.56. The highest BCUT2D eigenvalue weighted by Gasteiger charge is 2.19. The zero-order chi connectivity index (χ0) is 13.7. The number of nitrogens with two attached hydrogens (primary N) is 1. The van der Waals surface area contributed by atoms with Crippen molar-refractivity contribution in [3.63, 3.8) is 0 Å². The van der Waals surface area contributed by atoms with Crippen molar-refractivity contribution in [1.29, 1.82) is 0 Å². The molecule has 0 bridgehead atoms. The van der Waals surface area contributed by atoms with Gasteiger partial charge in [0.25, 0.3) is 0 Å². The Morgan fingerprint density at radius 3 is 2.44 bits per heavy atom. The highest BCUT2D eigenvalue weighted by atomic mass is 16.2. The monoisotopic (exact) mass is 251 g/mol. The van der Waals surface area contributed by atoms with Crippen molar-refractivity contribution in [3.05, 3.63) is 11.4 Å². The maximum absolute atomic E-state index is 12.0. The molecule has 0 aliphatic rings. The van der Waals surface area contributed by atoms with Gasteiger partial charge in [-0.3, -0.25) is 10.1 Å². The minimum absolute atomic E-state index is 0.142. The van der Waals surface area contributed by atoms with Crippen molar-refractivity contribution < 1.29 is 4.79 Å². The average Bonchev–Trinajstić information content (AvgIpc) is 2.30. The largest absolute Gasteiger partial charge is 0.330 e. The summed E-state index contributed by atoms with van der Waals surface area (Å²) in [5.74, 6) is 0.305. The van der Waals surface area contributed by atoms with Crippen LogP contribution in [0.1, 0.15) is 31.7 Å². The highest BCUT2D eigenvalue weighted by Crippen LogP contribution is 2.12. The number of aryl methyl sites for hydroxylation is 2. The Morgan fingerprint density at radius 1 is 1.28 bits per heavy atom. The Morgan fingerprint density at radius 2 is 1.94 bits per heavy atom. The molecule has 0 aliphatic heterocycles. The molecule has 0 saturated carbocycles. The maximum Gasteiger partial charge on any atom is 0.249 e. The second kappa shape index (κ2) is 6.39. The molecule has 6 heteroatoms. The first-order chi connectivity index (χ1) is 8.43. The van der Waals surface area contributed by atoms with Gasteiger partial charge < -0.3 is 5.73 Å². The van der Waals surface area contributed by atoms with Gasteiger partial charge in [-0.05, 0) is 26.2 Å². The van der Waals surface area contributed by atoms with Crippen molar-refractivity contribution in [1.82, 2.24) is 15.2 Å². The van der Waals surface area contributed by atoms with Crippen LogP contribution in [-0.2, 0) is 4.79 Å². The molecule has 6 nitrogen and oxygen atoms in total. The summed E-state index contributed by atoms with van der Waals surface area (Å²) in [7, 11) is 0. The van der Waals surface area contributed by atoms with Crippen molar-refractivity contribution in [2.45, 2.75) is 34.1 Å². The van der Waals surface area contributed by atoms with E-state index in [1.807, 2.05) is 13.8 Å². The molecular formula is C12H21N5O. The molecular weight excluding hydrogens is 230 g/mol. The summed E-state index contributed by atoms with van der Waals surface area (Å²) in [6.07, 6.45) is 0.751. The summed E-state index contributed by atoms with van der Waals surface area (Å²) in [5.41, 5.74) is 7.13. The van der Waals surface area contributed by atoms with Gasteiger partial charge in [0.1, 0.15) is 0 Å². The number of nitrogens with zero attached hydrogens (tertiary/aromatic N) is 3. The van der Waals surface area contributed by atoms with Crippen LogP contribution in [0, 0.1) is 25.7 Å². The second-order valence-corrected chi connectivity index (χ2v) is 4.86. The Kier molecular flexibility index (Phi) is 5.15. The lowest BCUT2D eigenvalue weighted by Gasteiger charge is -2.16. The molecule has 0 radical (unpaired) electrons. The smallest absolute Gasteiger partial charge is 0.249 e. The van der Waals surface area contributed by atoms with Gasteiger partial charge in [-0.1, -0.05) is 13.8 Å². The summed E-state index contributed by atoms with van der Waals surface area (Å²) < 4.78 is 0. The van der Waals surface area contributed by atoms with Crippen LogP contribution >= 0.6 is 0 Å². The van der Waals surface area contributed by atoms with Gasteiger partial charge in [0.2, 0.25) is 11.9 Å². The quantitative estimate of drug-likeness (QED) is 0.815. The van der Waals surface area contributed by atoms with Crippen LogP contribution in [0.5, 0.6) is 0 Å². The van der Waals surface area contributed by atoms with Gasteiger partial charge in [-0.15, -0.1) is 5.10 Å². The van der Waals surface area contributed by atoms with E-state index >= 15 is 0 Å². The molecule has 0 spiro atoms. The summed E-state index contributed by atoms with van der Waals surface area (Å²) in [5, 5.41) is 10.4. The summed E-state index contributed by atoms with van der Waals surface area (Å²) >= 11 is 0. The summed E-state index contributed by atoms with van der Waals surface area (Å²) in [4.78, 5) is 16.1. The lowest BCUT2D eigenvalue weighted by atomic mass is 9.96. The maximum atomic E-state index is 12.0. The van der Waals surface area contributed by atoms with Gasteiger partial charge >= 0.3 is 0 Å². The minimum atomic E-state index is -0.213. The molecule has 0 fully saturated rings. The van der Waals surface area contributed by atoms with E-state index in [-0.39, 0.29) is 17.8 Å². The number of hydrogen-bond donors (Lipinski definition) is 2. The van der Waals surface area contributed by atoms with Crippen LogP contribution in [0.2, 0.25) is 0 Å². The van der Waals surface area contributed by atoms with E-state index in [4.69, 9.17) is 5.73 Å². The Labute approximate surface area is 107 Å². The molecule has 0 aromatic carbocycles. The predicted octanol–water partition coefficient (Wildman–Crippen LogP) is 1.05. The molecule has 1 heterocycles. The number of carbonyl (C=O) groups excluding carboxylic acids is 1. The first kappa shape index (κ1) is 14.5. The summed E-state index contributed by atoms with van der Waals surface area (Å²) in [6, 6.07) is 0. The van der Waals surface area contributed by atoms with Gasteiger partial charge in [0.15, 0.2) is 0 Å². The van der Waals surface area contributed by atoms with Crippen LogP contribution in [0.4, 0.5) is 5.95 Å². The minimum Gasteiger partial charge on any atom is -0.330 e. The molecule has 3 N–H and O–H groups in total. The topological polar surface area (TPSA) is 93.8 Å². The molecule has 1 unspecified atom stereocenters. The van der Waals surface area contributed by atoms with Crippen LogP contribution in [0.25, 0.3) is 0 Å². The lowest BCUT2D eigenvalue weighted by Crippen LogP contribution is -2.31. The fourth-order valence-electron chi connectivity index (χ4n) is 1.60.